The van der Waals surface area contributed by atoms with Crippen molar-refractivity contribution in [2.45, 2.75) is 4.90 Å². The topological polar surface area (TPSA) is 138 Å². The average Bonchev–Trinajstić information content (AvgIpc) is 3.31. The van der Waals surface area contributed by atoms with Gasteiger partial charge in [0.2, 0.25) is 12.7 Å². The monoisotopic (exact) mass is 484 g/mol. The Bertz CT molecular complexity index is 1320. The second-order valence-electron chi connectivity index (χ2n) is 6.82. The Balaban J connectivity index is 1.40. The van der Waals surface area contributed by atoms with Crippen LogP contribution >= 0.6 is 0 Å². The van der Waals surface area contributed by atoms with E-state index in [1.165, 1.54) is 44.7 Å². The Morgan fingerprint density at radius 2 is 1.76 bits per heavy atom. The molecule has 3 aromatic rings. The van der Waals surface area contributed by atoms with Crippen molar-refractivity contribution in [1.82, 2.24) is 9.97 Å². The van der Waals surface area contributed by atoms with Crippen LogP contribution in [0, 0.1) is 0 Å². The van der Waals surface area contributed by atoms with Crippen molar-refractivity contribution in [3.63, 3.8) is 0 Å². The maximum absolute atomic E-state index is 12.7. The van der Waals surface area contributed by atoms with E-state index in [9.17, 15) is 13.2 Å². The van der Waals surface area contributed by atoms with Crippen LogP contribution in [0.15, 0.2) is 65.7 Å². The number of carbonyl (C=O) groups excluding carboxylic acids is 1. The number of anilines is 2. The summed E-state index contributed by atoms with van der Waals surface area (Å²) in [5, 5.41) is 2.93. The summed E-state index contributed by atoms with van der Waals surface area (Å²) in [6.45, 7) is 0.132. The normalized spacial score (nSPS) is 12.4. The second kappa shape index (κ2) is 9.67. The van der Waals surface area contributed by atoms with Gasteiger partial charge in [0.15, 0.2) is 23.1 Å². The second-order valence-corrected chi connectivity index (χ2v) is 8.50. The quantitative estimate of drug-likeness (QED) is 0.344. The van der Waals surface area contributed by atoms with Gasteiger partial charge in [-0.25, -0.2) is 8.42 Å². The van der Waals surface area contributed by atoms with Crippen molar-refractivity contribution in [2.75, 3.05) is 31.1 Å². The molecule has 0 unspecified atom stereocenters. The summed E-state index contributed by atoms with van der Waals surface area (Å²) in [6, 6.07) is 12.2. The van der Waals surface area contributed by atoms with Gasteiger partial charge in [-0.05, 0) is 42.5 Å². The fourth-order valence-electron chi connectivity index (χ4n) is 2.94. The van der Waals surface area contributed by atoms with Gasteiger partial charge < -0.3 is 24.3 Å². The van der Waals surface area contributed by atoms with Gasteiger partial charge in [-0.2, -0.15) is 9.97 Å². The van der Waals surface area contributed by atoms with Gasteiger partial charge in [0.05, 0.1) is 19.1 Å². The summed E-state index contributed by atoms with van der Waals surface area (Å²) in [5.74, 6) is 1.03. The van der Waals surface area contributed by atoms with Gasteiger partial charge in [-0.1, -0.05) is 0 Å². The number of aromatic nitrogens is 2. The SMILES string of the molecule is COc1cc(NS(=O)(=O)c2ccc(NC=CC(=O)c3ccc4c(c3)OCO4)cc2)nc(OC)n1. The number of allylic oxidation sites excluding steroid dienone is 1. The number of fused-ring (bicyclic) bond motifs is 1. The first-order valence-electron chi connectivity index (χ1n) is 9.85. The van der Waals surface area contributed by atoms with Crippen LogP contribution in [0.1, 0.15) is 10.4 Å². The smallest absolute Gasteiger partial charge is 0.321 e. The number of benzene rings is 2. The summed E-state index contributed by atoms with van der Waals surface area (Å²) < 4.78 is 48.2. The highest BCUT2D eigenvalue weighted by Gasteiger charge is 2.17. The first kappa shape index (κ1) is 22.9. The van der Waals surface area contributed by atoms with Crippen molar-refractivity contribution in [1.29, 1.82) is 0 Å². The molecule has 0 bridgehead atoms. The summed E-state index contributed by atoms with van der Waals surface area (Å²) >= 11 is 0. The first-order valence-corrected chi connectivity index (χ1v) is 11.3. The predicted octanol–water partition coefficient (Wildman–Crippen LogP) is 2.83. The lowest BCUT2D eigenvalue weighted by atomic mass is 10.1. The Kier molecular flexibility index (Phi) is 6.50. The lowest BCUT2D eigenvalue weighted by molar-refractivity contribution is 0.104. The van der Waals surface area contributed by atoms with Crippen LogP contribution in [-0.4, -0.2) is 45.2 Å². The van der Waals surface area contributed by atoms with Gasteiger partial charge in [-0.15, -0.1) is 0 Å². The molecule has 0 saturated heterocycles. The van der Waals surface area contributed by atoms with Crippen molar-refractivity contribution < 1.29 is 32.2 Å². The lowest BCUT2D eigenvalue weighted by Gasteiger charge is -2.10. The molecular formula is C22H20N4O7S. The standard InChI is InChI=1S/C22H20N4O7S/c1-30-21-12-20(24-22(25-21)31-2)26-34(28,29)16-6-4-15(5-7-16)23-10-9-17(27)14-3-8-18-19(11-14)33-13-32-18/h3-12,23H,13H2,1-2H3,(H,24,25,26). The van der Waals surface area contributed by atoms with Crippen LogP contribution in [0.25, 0.3) is 0 Å². The van der Waals surface area contributed by atoms with E-state index in [0.29, 0.717) is 22.7 Å². The van der Waals surface area contributed by atoms with Crippen molar-refractivity contribution in [3.05, 3.63) is 66.4 Å². The van der Waals surface area contributed by atoms with E-state index in [0.717, 1.165) is 0 Å². The van der Waals surface area contributed by atoms with E-state index in [2.05, 4.69) is 20.0 Å². The highest BCUT2D eigenvalue weighted by Crippen LogP contribution is 2.32. The van der Waals surface area contributed by atoms with Crippen LogP contribution in [0.2, 0.25) is 0 Å². The average molecular weight is 484 g/mol. The molecule has 34 heavy (non-hydrogen) atoms. The van der Waals surface area contributed by atoms with Gasteiger partial charge in [0.1, 0.15) is 0 Å². The third-order valence-corrected chi connectivity index (χ3v) is 5.99. The zero-order chi connectivity index (χ0) is 24.1. The Morgan fingerprint density at radius 3 is 2.50 bits per heavy atom. The fraction of sp³-hybridized carbons (Fsp3) is 0.136. The largest absolute Gasteiger partial charge is 0.481 e. The Hall–Kier alpha value is -4.32. The van der Waals surface area contributed by atoms with Crippen molar-refractivity contribution in [3.8, 4) is 23.4 Å². The molecule has 0 amide bonds. The van der Waals surface area contributed by atoms with E-state index >= 15 is 0 Å². The predicted molar refractivity (Wildman–Crippen MR) is 122 cm³/mol. The molecule has 2 heterocycles. The number of ether oxygens (including phenoxy) is 4. The van der Waals surface area contributed by atoms with Gasteiger partial charge >= 0.3 is 6.01 Å². The molecule has 0 radical (unpaired) electrons. The molecule has 0 atom stereocenters. The molecule has 0 aliphatic carbocycles. The third kappa shape index (κ3) is 5.18. The minimum atomic E-state index is -3.93. The number of hydrogen-bond donors (Lipinski definition) is 2. The number of rotatable bonds is 9. The summed E-state index contributed by atoms with van der Waals surface area (Å²) in [5.41, 5.74) is 1.03. The number of sulfonamides is 1. The van der Waals surface area contributed by atoms with Crippen LogP contribution in [-0.2, 0) is 10.0 Å². The molecule has 0 spiro atoms. The first-order chi connectivity index (χ1) is 16.4. The minimum Gasteiger partial charge on any atom is -0.481 e. The molecule has 1 aliphatic heterocycles. The van der Waals surface area contributed by atoms with E-state index in [1.807, 2.05) is 0 Å². The molecule has 176 valence electrons. The molecule has 0 fully saturated rings. The molecule has 4 rings (SSSR count). The molecule has 11 nitrogen and oxygen atoms in total. The summed E-state index contributed by atoms with van der Waals surface area (Å²) in [4.78, 5) is 20.2. The number of nitrogens with one attached hydrogen (secondary N) is 2. The molecule has 1 aliphatic rings. The van der Waals surface area contributed by atoms with Crippen LogP contribution in [0.4, 0.5) is 11.5 Å². The molecule has 0 saturated carbocycles. The third-order valence-electron chi connectivity index (χ3n) is 4.62. The molecule has 1 aromatic heterocycles. The van der Waals surface area contributed by atoms with Crippen LogP contribution < -0.4 is 29.0 Å². The van der Waals surface area contributed by atoms with Gasteiger partial charge in [-0.3, -0.25) is 9.52 Å². The summed E-state index contributed by atoms with van der Waals surface area (Å²) in [6.07, 6.45) is 2.83. The number of hydrogen-bond acceptors (Lipinski definition) is 10. The van der Waals surface area contributed by atoms with Crippen molar-refractivity contribution in [2.24, 2.45) is 0 Å². The lowest BCUT2D eigenvalue weighted by Crippen LogP contribution is -2.14. The Labute approximate surface area is 195 Å². The van der Waals surface area contributed by atoms with E-state index in [-0.39, 0.29) is 35.2 Å². The number of ketones is 1. The molecule has 2 N–H and O–H groups in total. The van der Waals surface area contributed by atoms with Crippen molar-refractivity contribution >= 4 is 27.3 Å². The summed E-state index contributed by atoms with van der Waals surface area (Å²) in [7, 11) is -1.18. The highest BCUT2D eigenvalue weighted by atomic mass is 32.2. The van der Waals surface area contributed by atoms with E-state index in [4.69, 9.17) is 18.9 Å². The molecule has 2 aromatic carbocycles. The molecular weight excluding hydrogens is 464 g/mol. The zero-order valence-corrected chi connectivity index (χ0v) is 19.0. The maximum atomic E-state index is 12.7. The zero-order valence-electron chi connectivity index (χ0n) is 18.1. The van der Waals surface area contributed by atoms with Gasteiger partial charge in [0.25, 0.3) is 10.0 Å². The van der Waals surface area contributed by atoms with E-state index in [1.54, 1.807) is 30.3 Å². The van der Waals surface area contributed by atoms with E-state index < -0.39 is 10.0 Å². The molecule has 12 heteroatoms. The fourth-order valence-corrected chi connectivity index (χ4v) is 3.93. The van der Waals surface area contributed by atoms with Crippen LogP contribution in [0.3, 0.4) is 0 Å². The minimum absolute atomic E-state index is 0.00383. The highest BCUT2D eigenvalue weighted by molar-refractivity contribution is 7.92. The Morgan fingerprint density at radius 1 is 1.00 bits per heavy atom. The maximum Gasteiger partial charge on any atom is 0.321 e. The van der Waals surface area contributed by atoms with Gasteiger partial charge in [0, 0.05) is 29.6 Å². The van der Waals surface area contributed by atoms with Crippen LogP contribution in [0.5, 0.6) is 23.4 Å². The number of nitrogens with zero attached hydrogens (tertiary/aromatic N) is 2. The number of methoxy groups -OCH3 is 2. The number of carbonyl (C=O) groups is 1.